The van der Waals surface area contributed by atoms with Crippen LogP contribution in [0.1, 0.15) is 127 Å². The van der Waals surface area contributed by atoms with E-state index in [1.807, 2.05) is 6.92 Å². The van der Waals surface area contributed by atoms with E-state index in [2.05, 4.69) is 59.9 Å². The summed E-state index contributed by atoms with van der Waals surface area (Å²) in [5.41, 5.74) is -1.17. The predicted molar refractivity (Wildman–Crippen MR) is 165 cm³/mol. The van der Waals surface area contributed by atoms with Gasteiger partial charge in [-0.2, -0.15) is 18.4 Å². The van der Waals surface area contributed by atoms with Crippen molar-refractivity contribution in [1.82, 2.24) is 5.32 Å². The van der Waals surface area contributed by atoms with Gasteiger partial charge >= 0.3 is 6.18 Å². The van der Waals surface area contributed by atoms with Crippen LogP contribution in [0.4, 0.5) is 13.2 Å². The molecule has 2 aliphatic rings. The lowest BCUT2D eigenvalue weighted by Gasteiger charge is -2.60. The number of nitrogens with zero attached hydrogens (tertiary/aromatic N) is 1. The average molecular weight is 609 g/mol. The van der Waals surface area contributed by atoms with E-state index in [4.69, 9.17) is 0 Å². The Morgan fingerprint density at radius 1 is 1.07 bits per heavy atom. The van der Waals surface area contributed by atoms with Gasteiger partial charge in [0.2, 0.25) is 5.91 Å². The topological polar surface area (TPSA) is 90.2 Å². The van der Waals surface area contributed by atoms with Gasteiger partial charge in [-0.15, -0.1) is 0 Å². The molecule has 2 rings (SSSR count). The van der Waals surface area contributed by atoms with Crippen LogP contribution >= 0.6 is 0 Å². The summed E-state index contributed by atoms with van der Waals surface area (Å²) in [4.78, 5) is 26.1. The molecule has 0 aromatic carbocycles. The van der Waals surface area contributed by atoms with Crippen molar-refractivity contribution in [3.63, 3.8) is 0 Å². The Morgan fingerprint density at radius 3 is 2.16 bits per heavy atom. The Balaban J connectivity index is 2.49. The third-order valence-electron chi connectivity index (χ3n) is 11.4. The van der Waals surface area contributed by atoms with Crippen molar-refractivity contribution in [2.75, 3.05) is 6.54 Å². The van der Waals surface area contributed by atoms with Crippen LogP contribution < -0.4 is 5.32 Å². The number of alkyl halides is 3. The zero-order valence-corrected chi connectivity index (χ0v) is 28.1. The number of carbonyl (C=O) groups is 2. The molecule has 0 aliphatic heterocycles. The van der Waals surface area contributed by atoms with E-state index < -0.39 is 40.3 Å². The molecule has 244 valence electrons. The molecule has 0 unspecified atom stereocenters. The van der Waals surface area contributed by atoms with Gasteiger partial charge in [-0.3, -0.25) is 9.59 Å². The minimum absolute atomic E-state index is 0.0403. The lowest BCUT2D eigenvalue weighted by Crippen LogP contribution is -2.52. The summed E-state index contributed by atoms with van der Waals surface area (Å²) in [5, 5.41) is 22.8. The molecular weight excluding hydrogens is 553 g/mol. The fourth-order valence-corrected chi connectivity index (χ4v) is 8.03. The molecule has 1 saturated carbocycles. The standard InChI is InChI=1S/C35H55F3N2O3/c1-11-13-30(4,5)15-17-32(8,29(43)40-22-35(36,37)38)18-16-31(6,7)34(10)14-12-26-24(3)28(42)25(21-39)20-33(26,9)27(34)19-23(2)41/h19,24,26,42H,11-18,20,22H2,1-10H3,(H,40,43)/b27-19-/t24-,26-,32-,33-,34+/m0/s1. The first-order valence-corrected chi connectivity index (χ1v) is 15.9. The van der Waals surface area contributed by atoms with Crippen LogP contribution in [0.3, 0.4) is 0 Å². The largest absolute Gasteiger partial charge is 0.511 e. The number of halogens is 3. The Labute approximate surface area is 257 Å². The van der Waals surface area contributed by atoms with Gasteiger partial charge in [0.05, 0.1) is 11.6 Å². The number of rotatable bonds is 12. The summed E-state index contributed by atoms with van der Waals surface area (Å²) in [6.45, 7) is 18.8. The van der Waals surface area contributed by atoms with Crippen LogP contribution in [0, 0.1) is 50.2 Å². The van der Waals surface area contributed by atoms with Crippen molar-refractivity contribution >= 4 is 11.7 Å². The molecule has 0 radical (unpaired) electrons. The zero-order valence-electron chi connectivity index (χ0n) is 28.1. The Kier molecular flexibility index (Phi) is 11.1. The van der Waals surface area contributed by atoms with E-state index in [0.717, 1.165) is 31.3 Å². The summed E-state index contributed by atoms with van der Waals surface area (Å²) in [6, 6.07) is 2.19. The van der Waals surface area contributed by atoms with Crippen LogP contribution in [-0.4, -0.2) is 29.5 Å². The van der Waals surface area contributed by atoms with E-state index in [1.165, 1.54) is 6.92 Å². The first kappa shape index (κ1) is 36.9. The van der Waals surface area contributed by atoms with E-state index in [-0.39, 0.29) is 28.8 Å². The van der Waals surface area contributed by atoms with Crippen LogP contribution in [0.5, 0.6) is 0 Å². The highest BCUT2D eigenvalue weighted by atomic mass is 19.4. The summed E-state index contributed by atoms with van der Waals surface area (Å²) < 4.78 is 39.3. The maximum Gasteiger partial charge on any atom is 0.405 e. The van der Waals surface area contributed by atoms with Gasteiger partial charge in [0.1, 0.15) is 12.3 Å². The van der Waals surface area contributed by atoms with Gasteiger partial charge in [-0.05, 0) is 91.9 Å². The lowest BCUT2D eigenvalue weighted by molar-refractivity contribution is -0.145. The van der Waals surface area contributed by atoms with Gasteiger partial charge < -0.3 is 10.4 Å². The molecule has 2 aliphatic carbocycles. The van der Waals surface area contributed by atoms with Crippen LogP contribution in [0.25, 0.3) is 0 Å². The number of aliphatic hydroxyl groups excluding tert-OH is 1. The number of aliphatic hydroxyl groups is 1. The zero-order chi connectivity index (χ0) is 33.2. The number of hydrogen-bond acceptors (Lipinski definition) is 4. The summed E-state index contributed by atoms with van der Waals surface area (Å²) in [6.07, 6.45) is 3.22. The monoisotopic (exact) mass is 608 g/mol. The molecule has 43 heavy (non-hydrogen) atoms. The maximum atomic E-state index is 13.4. The summed E-state index contributed by atoms with van der Waals surface area (Å²) in [7, 11) is 0. The van der Waals surface area contributed by atoms with Crippen molar-refractivity contribution in [1.29, 1.82) is 5.26 Å². The minimum atomic E-state index is -4.49. The number of allylic oxidation sites excluding steroid dienone is 4. The first-order chi connectivity index (χ1) is 19.5. The van der Waals surface area contributed by atoms with Crippen molar-refractivity contribution in [2.45, 2.75) is 133 Å². The van der Waals surface area contributed by atoms with E-state index in [1.54, 1.807) is 13.0 Å². The number of nitrogens with one attached hydrogen (secondary N) is 1. The molecule has 0 bridgehead atoms. The second kappa shape index (κ2) is 13.0. The highest BCUT2D eigenvalue weighted by Gasteiger charge is 2.58. The molecule has 1 amide bonds. The van der Waals surface area contributed by atoms with E-state index in [0.29, 0.717) is 37.7 Å². The molecule has 2 N–H and O–H groups in total. The molecule has 0 saturated heterocycles. The molecule has 1 fully saturated rings. The molecule has 5 nitrogen and oxygen atoms in total. The lowest BCUT2D eigenvalue weighted by atomic mass is 9.43. The number of nitriles is 1. The fraction of sp³-hybridized carbons (Fsp3) is 0.800. The van der Waals surface area contributed by atoms with Crippen molar-refractivity contribution < 1.29 is 27.9 Å². The Morgan fingerprint density at radius 2 is 1.65 bits per heavy atom. The van der Waals surface area contributed by atoms with E-state index >= 15 is 0 Å². The number of hydrogen-bond donors (Lipinski definition) is 2. The summed E-state index contributed by atoms with van der Waals surface area (Å²) in [5.74, 6) is -0.685. The van der Waals surface area contributed by atoms with Gasteiger partial charge in [-0.1, -0.05) is 74.3 Å². The smallest absolute Gasteiger partial charge is 0.405 e. The third kappa shape index (κ3) is 8.05. The molecular formula is C35H55F3N2O3. The van der Waals surface area contributed by atoms with Gasteiger partial charge in [0.15, 0.2) is 5.78 Å². The Hall–Kier alpha value is -2.30. The molecule has 5 atom stereocenters. The number of fused-ring (bicyclic) bond motifs is 1. The van der Waals surface area contributed by atoms with Crippen molar-refractivity contribution in [3.05, 3.63) is 23.0 Å². The molecule has 8 heteroatoms. The van der Waals surface area contributed by atoms with E-state index in [9.17, 15) is 33.1 Å². The number of amides is 1. The van der Waals surface area contributed by atoms with Crippen molar-refractivity contribution in [2.24, 2.45) is 38.9 Å². The predicted octanol–water partition coefficient (Wildman–Crippen LogP) is 9.40. The SMILES string of the molecule is CCCC(C)(C)CC[C@@](C)(CCC(C)(C)[C@]1(C)CC[C@H]2[C@H](C)C(O)=C(C#N)C[C@]2(C)/C1=C/C(C)=O)C(=O)NCC(F)(F)F. The first-order valence-electron chi connectivity index (χ1n) is 15.9. The maximum absolute atomic E-state index is 13.4. The molecule has 0 aromatic heterocycles. The third-order valence-corrected chi connectivity index (χ3v) is 11.4. The van der Waals surface area contributed by atoms with Gasteiger partial charge in [0, 0.05) is 11.3 Å². The second-order valence-electron chi connectivity index (χ2n) is 15.7. The van der Waals surface area contributed by atoms with Crippen LogP contribution in [-0.2, 0) is 9.59 Å². The molecule has 0 heterocycles. The summed E-state index contributed by atoms with van der Waals surface area (Å²) >= 11 is 0. The highest BCUT2D eigenvalue weighted by molar-refractivity contribution is 5.88. The van der Waals surface area contributed by atoms with Crippen LogP contribution in [0.2, 0.25) is 0 Å². The highest BCUT2D eigenvalue weighted by Crippen LogP contribution is 2.66. The molecule has 0 aromatic rings. The van der Waals surface area contributed by atoms with Crippen LogP contribution in [0.15, 0.2) is 23.0 Å². The Bertz CT molecular complexity index is 1160. The van der Waals surface area contributed by atoms with Gasteiger partial charge in [0.25, 0.3) is 0 Å². The van der Waals surface area contributed by atoms with Crippen molar-refractivity contribution in [3.8, 4) is 6.07 Å². The minimum Gasteiger partial charge on any atom is -0.511 e. The van der Waals surface area contributed by atoms with Gasteiger partial charge in [-0.25, -0.2) is 0 Å². The fourth-order valence-electron chi connectivity index (χ4n) is 8.03. The average Bonchev–Trinajstić information content (AvgIpc) is 2.88. The second-order valence-corrected chi connectivity index (χ2v) is 15.7. The normalized spacial score (nSPS) is 29.1. The number of ketones is 1. The number of carbonyl (C=O) groups excluding carboxylic acids is 2. The molecule has 0 spiro atoms. The quantitative estimate of drug-likeness (QED) is 0.216.